The number of benzene rings is 2. The van der Waals surface area contributed by atoms with Crippen molar-refractivity contribution in [1.29, 1.82) is 0 Å². The van der Waals surface area contributed by atoms with E-state index in [9.17, 15) is 4.79 Å². The standard InChI is InChI=1S/C22H26N6O2S/c1-17-7-9-19(10-8-17)28-22(24-25-26-28)31-16-21(29)23-13-20-15-27(11-12-30-20)14-18-5-3-2-4-6-18/h2-10,20H,11-16H2,1H3,(H,23,29). The van der Waals surface area contributed by atoms with Crippen LogP contribution >= 0.6 is 11.8 Å². The molecule has 2 aromatic carbocycles. The highest BCUT2D eigenvalue weighted by Crippen LogP contribution is 2.18. The van der Waals surface area contributed by atoms with Crippen LogP contribution in [0.5, 0.6) is 0 Å². The van der Waals surface area contributed by atoms with E-state index in [1.165, 1.54) is 17.3 Å². The highest BCUT2D eigenvalue weighted by Gasteiger charge is 2.21. The second-order valence-corrected chi connectivity index (χ2v) is 8.46. The van der Waals surface area contributed by atoms with E-state index < -0.39 is 0 Å². The fourth-order valence-corrected chi connectivity index (χ4v) is 4.14. The minimum absolute atomic E-state index is 0.00992. The molecule has 1 N–H and O–H groups in total. The Kier molecular flexibility index (Phi) is 7.29. The van der Waals surface area contributed by atoms with Crippen LogP contribution in [-0.2, 0) is 16.1 Å². The van der Waals surface area contributed by atoms with E-state index >= 15 is 0 Å². The zero-order valence-corrected chi connectivity index (χ0v) is 18.3. The summed E-state index contributed by atoms with van der Waals surface area (Å²) in [5.74, 6) is 0.180. The molecule has 31 heavy (non-hydrogen) atoms. The highest BCUT2D eigenvalue weighted by atomic mass is 32.2. The maximum Gasteiger partial charge on any atom is 0.230 e. The van der Waals surface area contributed by atoms with Gasteiger partial charge in [-0.15, -0.1) is 5.10 Å². The molecule has 162 valence electrons. The number of tetrazole rings is 1. The first-order valence-corrected chi connectivity index (χ1v) is 11.3. The summed E-state index contributed by atoms with van der Waals surface area (Å²) in [7, 11) is 0. The summed E-state index contributed by atoms with van der Waals surface area (Å²) >= 11 is 1.31. The van der Waals surface area contributed by atoms with E-state index in [1.807, 2.05) is 37.3 Å². The van der Waals surface area contributed by atoms with E-state index in [1.54, 1.807) is 4.68 Å². The zero-order valence-electron chi connectivity index (χ0n) is 17.5. The number of carbonyl (C=O) groups excluding carboxylic acids is 1. The number of amides is 1. The average Bonchev–Trinajstić information content (AvgIpc) is 3.26. The number of morpholine rings is 1. The lowest BCUT2D eigenvalue weighted by molar-refractivity contribution is -0.119. The topological polar surface area (TPSA) is 85.2 Å². The van der Waals surface area contributed by atoms with Crippen LogP contribution in [0.2, 0.25) is 0 Å². The number of aryl methyl sites for hydroxylation is 1. The van der Waals surface area contributed by atoms with Crippen molar-refractivity contribution in [1.82, 2.24) is 30.4 Å². The second kappa shape index (κ2) is 10.5. The summed E-state index contributed by atoms with van der Waals surface area (Å²) in [6.07, 6.45) is -0.00992. The van der Waals surface area contributed by atoms with Gasteiger partial charge in [0.2, 0.25) is 11.1 Å². The van der Waals surface area contributed by atoms with Crippen LogP contribution in [-0.4, -0.2) is 69.1 Å². The quantitative estimate of drug-likeness (QED) is 0.539. The minimum Gasteiger partial charge on any atom is -0.374 e. The predicted octanol–water partition coefficient (Wildman–Crippen LogP) is 2.08. The van der Waals surface area contributed by atoms with Crippen molar-refractivity contribution in [2.45, 2.75) is 24.7 Å². The molecular weight excluding hydrogens is 412 g/mol. The van der Waals surface area contributed by atoms with Gasteiger partial charge in [0, 0.05) is 26.2 Å². The van der Waals surface area contributed by atoms with Gasteiger partial charge in [-0.1, -0.05) is 59.8 Å². The van der Waals surface area contributed by atoms with Crippen LogP contribution in [0.15, 0.2) is 59.8 Å². The van der Waals surface area contributed by atoms with Crippen molar-refractivity contribution >= 4 is 17.7 Å². The predicted molar refractivity (Wildman–Crippen MR) is 119 cm³/mol. The van der Waals surface area contributed by atoms with Crippen molar-refractivity contribution < 1.29 is 9.53 Å². The Morgan fingerprint density at radius 1 is 1.19 bits per heavy atom. The molecule has 4 rings (SSSR count). The fourth-order valence-electron chi connectivity index (χ4n) is 3.41. The lowest BCUT2D eigenvalue weighted by Gasteiger charge is -2.33. The summed E-state index contributed by atoms with van der Waals surface area (Å²) in [4.78, 5) is 14.7. The third kappa shape index (κ3) is 6.13. The summed E-state index contributed by atoms with van der Waals surface area (Å²) in [5, 5.41) is 15.4. The molecule has 2 heterocycles. The van der Waals surface area contributed by atoms with Crippen LogP contribution in [0.1, 0.15) is 11.1 Å². The number of aromatic nitrogens is 4. The Bertz CT molecular complexity index is 979. The van der Waals surface area contributed by atoms with Gasteiger partial charge in [0.1, 0.15) is 0 Å². The van der Waals surface area contributed by atoms with Gasteiger partial charge in [-0.25, -0.2) is 0 Å². The lowest BCUT2D eigenvalue weighted by Crippen LogP contribution is -2.47. The molecule has 0 spiro atoms. The van der Waals surface area contributed by atoms with Gasteiger partial charge in [0.25, 0.3) is 0 Å². The Morgan fingerprint density at radius 3 is 2.81 bits per heavy atom. The third-order valence-electron chi connectivity index (χ3n) is 5.05. The number of hydrogen-bond donors (Lipinski definition) is 1. The molecule has 1 atom stereocenters. The molecule has 9 heteroatoms. The van der Waals surface area contributed by atoms with Gasteiger partial charge in [0.05, 0.1) is 24.2 Å². The molecule has 0 saturated carbocycles. The number of ether oxygens (including phenoxy) is 1. The van der Waals surface area contributed by atoms with Gasteiger partial charge in [-0.05, 0) is 35.0 Å². The maximum absolute atomic E-state index is 12.4. The van der Waals surface area contributed by atoms with Crippen LogP contribution in [0, 0.1) is 6.92 Å². The molecule has 1 fully saturated rings. The molecule has 1 amide bonds. The molecule has 0 radical (unpaired) electrons. The first-order valence-electron chi connectivity index (χ1n) is 10.3. The van der Waals surface area contributed by atoms with E-state index in [0.29, 0.717) is 18.3 Å². The van der Waals surface area contributed by atoms with Crippen molar-refractivity contribution in [3.05, 3.63) is 65.7 Å². The molecule has 0 bridgehead atoms. The first kappa shape index (κ1) is 21.5. The molecule has 0 aliphatic carbocycles. The molecule has 1 aliphatic heterocycles. The van der Waals surface area contributed by atoms with Crippen LogP contribution in [0.4, 0.5) is 0 Å². The Balaban J connectivity index is 1.23. The Morgan fingerprint density at radius 2 is 2.00 bits per heavy atom. The Labute approximate surface area is 186 Å². The average molecular weight is 439 g/mol. The van der Waals surface area contributed by atoms with Gasteiger partial charge >= 0.3 is 0 Å². The number of rotatable bonds is 8. The van der Waals surface area contributed by atoms with Crippen molar-refractivity contribution in [3.63, 3.8) is 0 Å². The molecule has 1 aliphatic rings. The van der Waals surface area contributed by atoms with E-state index in [4.69, 9.17) is 4.74 Å². The van der Waals surface area contributed by atoms with E-state index in [0.717, 1.165) is 30.9 Å². The van der Waals surface area contributed by atoms with Crippen molar-refractivity contribution in [2.75, 3.05) is 32.0 Å². The number of nitrogens with one attached hydrogen (secondary N) is 1. The largest absolute Gasteiger partial charge is 0.374 e. The number of hydrogen-bond acceptors (Lipinski definition) is 7. The second-order valence-electron chi connectivity index (χ2n) is 7.52. The number of nitrogens with zero attached hydrogens (tertiary/aromatic N) is 5. The zero-order chi connectivity index (χ0) is 21.5. The lowest BCUT2D eigenvalue weighted by atomic mass is 10.2. The molecule has 1 saturated heterocycles. The van der Waals surface area contributed by atoms with Gasteiger partial charge in [0.15, 0.2) is 0 Å². The van der Waals surface area contributed by atoms with Crippen molar-refractivity contribution in [2.24, 2.45) is 0 Å². The Hall–Kier alpha value is -2.75. The maximum atomic E-state index is 12.4. The molecule has 1 aromatic heterocycles. The van der Waals surface area contributed by atoms with Gasteiger partial charge < -0.3 is 10.1 Å². The van der Waals surface area contributed by atoms with E-state index in [2.05, 4.69) is 50.0 Å². The summed E-state index contributed by atoms with van der Waals surface area (Å²) < 4.78 is 7.48. The van der Waals surface area contributed by atoms with Gasteiger partial charge in [-0.3, -0.25) is 9.69 Å². The minimum atomic E-state index is -0.0627. The van der Waals surface area contributed by atoms with Crippen LogP contribution in [0.3, 0.4) is 0 Å². The SMILES string of the molecule is Cc1ccc(-n2nnnc2SCC(=O)NCC2CN(Cc3ccccc3)CCO2)cc1. The van der Waals surface area contributed by atoms with Gasteiger partial charge in [-0.2, -0.15) is 4.68 Å². The normalized spacial score (nSPS) is 16.9. The summed E-state index contributed by atoms with van der Waals surface area (Å²) in [5.41, 5.74) is 3.32. The number of thioether (sulfide) groups is 1. The first-order chi connectivity index (χ1) is 15.2. The third-order valence-corrected chi connectivity index (χ3v) is 5.97. The molecule has 1 unspecified atom stereocenters. The molecule has 3 aromatic rings. The molecule has 8 nitrogen and oxygen atoms in total. The fraction of sp³-hybridized carbons (Fsp3) is 0.364. The number of carbonyl (C=O) groups is 1. The van der Waals surface area contributed by atoms with Crippen molar-refractivity contribution in [3.8, 4) is 5.69 Å². The summed E-state index contributed by atoms with van der Waals surface area (Å²) in [6.45, 7) is 5.79. The smallest absolute Gasteiger partial charge is 0.230 e. The van der Waals surface area contributed by atoms with Crippen LogP contribution in [0.25, 0.3) is 5.69 Å². The summed E-state index contributed by atoms with van der Waals surface area (Å²) in [6, 6.07) is 18.3. The van der Waals surface area contributed by atoms with E-state index in [-0.39, 0.29) is 17.8 Å². The molecular formula is C22H26N6O2S. The monoisotopic (exact) mass is 438 g/mol. The highest BCUT2D eigenvalue weighted by molar-refractivity contribution is 7.99. The van der Waals surface area contributed by atoms with Crippen LogP contribution < -0.4 is 5.32 Å².